The number of carbonyl (C=O) groups is 2. The highest BCUT2D eigenvalue weighted by Gasteiger charge is 2.31. The van der Waals surface area contributed by atoms with E-state index in [1.54, 1.807) is 33.2 Å². The molecule has 0 bridgehead atoms. The Morgan fingerprint density at radius 2 is 1.95 bits per heavy atom. The summed E-state index contributed by atoms with van der Waals surface area (Å²) in [6.07, 6.45) is 1.62. The van der Waals surface area contributed by atoms with Crippen molar-refractivity contribution in [3.05, 3.63) is 34.2 Å². The normalized spacial score (nSPS) is 11.2. The van der Waals surface area contributed by atoms with Crippen molar-refractivity contribution < 1.29 is 14.7 Å². The maximum atomic E-state index is 12.4. The Morgan fingerprint density at radius 1 is 1.33 bits per heavy atom. The van der Waals surface area contributed by atoms with E-state index < -0.39 is 11.4 Å². The quantitative estimate of drug-likeness (QED) is 0.852. The highest BCUT2D eigenvalue weighted by atomic mass is 16.4. The van der Waals surface area contributed by atoms with Gasteiger partial charge < -0.3 is 14.6 Å². The van der Waals surface area contributed by atoms with E-state index in [0.29, 0.717) is 0 Å². The summed E-state index contributed by atoms with van der Waals surface area (Å²) in [5, 5.41) is 8.67. The van der Waals surface area contributed by atoms with Crippen LogP contribution in [0.1, 0.15) is 25.8 Å². The Morgan fingerprint density at radius 3 is 2.52 bits per heavy atom. The lowest BCUT2D eigenvalue weighted by Crippen LogP contribution is -2.43. The van der Waals surface area contributed by atoms with E-state index in [4.69, 9.17) is 5.11 Å². The Labute approximate surface area is 124 Å². The van der Waals surface area contributed by atoms with Crippen LogP contribution < -0.4 is 5.56 Å². The molecular weight excluding hydrogens is 272 g/mol. The first-order valence-corrected chi connectivity index (χ1v) is 6.78. The summed E-state index contributed by atoms with van der Waals surface area (Å²) in [4.78, 5) is 36.2. The van der Waals surface area contributed by atoms with E-state index in [0.717, 1.165) is 5.56 Å². The molecule has 0 unspecified atom stereocenters. The third kappa shape index (κ3) is 4.73. The molecule has 6 nitrogen and oxygen atoms in total. The molecule has 0 fully saturated rings. The van der Waals surface area contributed by atoms with Crippen LogP contribution in [0.25, 0.3) is 0 Å². The third-order valence-corrected chi connectivity index (χ3v) is 3.28. The lowest BCUT2D eigenvalue weighted by molar-refractivity contribution is -0.142. The summed E-state index contributed by atoms with van der Waals surface area (Å²) in [7, 11) is 1.58. The maximum Gasteiger partial charge on any atom is 0.305 e. The number of aromatic nitrogens is 1. The van der Waals surface area contributed by atoms with E-state index in [1.165, 1.54) is 15.5 Å². The van der Waals surface area contributed by atoms with Crippen LogP contribution >= 0.6 is 0 Å². The number of amides is 1. The number of pyridine rings is 1. The fourth-order valence-corrected chi connectivity index (χ4v) is 2.15. The molecule has 1 aromatic rings. The number of nitrogens with zero attached hydrogens (tertiary/aromatic N) is 2. The third-order valence-electron chi connectivity index (χ3n) is 3.28. The van der Waals surface area contributed by atoms with Gasteiger partial charge in [-0.3, -0.25) is 14.4 Å². The van der Waals surface area contributed by atoms with Crippen LogP contribution in [0.2, 0.25) is 0 Å². The van der Waals surface area contributed by atoms with E-state index in [1.807, 2.05) is 6.92 Å². The molecule has 0 saturated heterocycles. The molecule has 1 rings (SSSR count). The summed E-state index contributed by atoms with van der Waals surface area (Å²) in [6, 6.07) is 3.21. The molecule has 116 valence electrons. The largest absolute Gasteiger partial charge is 0.481 e. The number of hydrogen-bond donors (Lipinski definition) is 1. The van der Waals surface area contributed by atoms with E-state index >= 15 is 0 Å². The van der Waals surface area contributed by atoms with Gasteiger partial charge in [-0.25, -0.2) is 0 Å². The van der Waals surface area contributed by atoms with Gasteiger partial charge in [-0.1, -0.05) is 6.07 Å². The minimum atomic E-state index is -0.942. The molecule has 1 heterocycles. The molecule has 6 heteroatoms. The molecule has 0 radical (unpaired) electrons. The number of aryl methyl sites for hydroxylation is 1. The minimum Gasteiger partial charge on any atom is -0.481 e. The molecule has 0 atom stereocenters. The van der Waals surface area contributed by atoms with Gasteiger partial charge in [-0.2, -0.15) is 0 Å². The molecule has 1 N–H and O–H groups in total. The Bertz CT molecular complexity index is 590. The standard InChI is InChI=1S/C15H22N2O4/c1-11-5-6-12(18)17(9-11)10-15(2,3)14(21)16(4)8-7-13(19)20/h5-6,9H,7-8,10H2,1-4H3,(H,19,20). The van der Waals surface area contributed by atoms with Gasteiger partial charge in [0.25, 0.3) is 5.56 Å². The summed E-state index contributed by atoms with van der Waals surface area (Å²) in [5.41, 5.74) is -0.00281. The summed E-state index contributed by atoms with van der Waals surface area (Å²) < 4.78 is 1.51. The zero-order valence-electron chi connectivity index (χ0n) is 12.9. The fourth-order valence-electron chi connectivity index (χ4n) is 2.15. The van der Waals surface area contributed by atoms with Crippen LogP contribution in [0, 0.1) is 12.3 Å². The van der Waals surface area contributed by atoms with Gasteiger partial charge in [0.2, 0.25) is 5.91 Å². The van der Waals surface area contributed by atoms with Crippen molar-refractivity contribution in [2.24, 2.45) is 5.41 Å². The second-order valence-corrected chi connectivity index (χ2v) is 5.93. The zero-order chi connectivity index (χ0) is 16.2. The first-order chi connectivity index (χ1) is 9.63. The summed E-state index contributed by atoms with van der Waals surface area (Å²) in [6.45, 7) is 5.79. The van der Waals surface area contributed by atoms with Gasteiger partial charge in [0.05, 0.1) is 11.8 Å². The molecule has 0 aliphatic heterocycles. The SMILES string of the molecule is Cc1ccc(=O)n(CC(C)(C)C(=O)N(C)CCC(=O)O)c1. The molecule has 0 saturated carbocycles. The smallest absolute Gasteiger partial charge is 0.305 e. The van der Waals surface area contributed by atoms with Crippen molar-refractivity contribution in [3.63, 3.8) is 0 Å². The predicted molar refractivity (Wildman–Crippen MR) is 79.1 cm³/mol. The van der Waals surface area contributed by atoms with Crippen molar-refractivity contribution in [2.45, 2.75) is 33.7 Å². The lowest BCUT2D eigenvalue weighted by atomic mass is 9.91. The number of hydrogen-bond acceptors (Lipinski definition) is 3. The van der Waals surface area contributed by atoms with Gasteiger partial charge >= 0.3 is 5.97 Å². The molecule has 1 aromatic heterocycles. The Kier molecular flexibility index (Phi) is 5.29. The van der Waals surface area contributed by atoms with Crippen molar-refractivity contribution in [3.8, 4) is 0 Å². The first kappa shape index (κ1) is 16.9. The zero-order valence-corrected chi connectivity index (χ0v) is 12.9. The molecule has 1 amide bonds. The molecule has 0 aromatic carbocycles. The molecule has 21 heavy (non-hydrogen) atoms. The second kappa shape index (κ2) is 6.56. The molecule has 0 aliphatic rings. The number of carboxylic acid groups (broad SMARTS) is 1. The van der Waals surface area contributed by atoms with Crippen molar-refractivity contribution in [1.82, 2.24) is 9.47 Å². The number of rotatable bonds is 6. The molecular formula is C15H22N2O4. The summed E-state index contributed by atoms with van der Waals surface area (Å²) in [5.74, 6) is -1.13. The lowest BCUT2D eigenvalue weighted by Gasteiger charge is -2.29. The number of aliphatic carboxylic acids is 1. The molecule has 0 aliphatic carbocycles. The van der Waals surface area contributed by atoms with Crippen LogP contribution in [-0.2, 0) is 16.1 Å². The van der Waals surface area contributed by atoms with E-state index in [2.05, 4.69) is 0 Å². The Hall–Kier alpha value is -2.11. The van der Waals surface area contributed by atoms with Crippen molar-refractivity contribution in [2.75, 3.05) is 13.6 Å². The van der Waals surface area contributed by atoms with Crippen LogP contribution in [0.4, 0.5) is 0 Å². The van der Waals surface area contributed by atoms with E-state index in [-0.39, 0.29) is 31.0 Å². The topological polar surface area (TPSA) is 79.6 Å². The van der Waals surface area contributed by atoms with Crippen LogP contribution in [-0.4, -0.2) is 40.0 Å². The minimum absolute atomic E-state index is 0.0945. The average molecular weight is 294 g/mol. The van der Waals surface area contributed by atoms with Gasteiger partial charge in [0, 0.05) is 32.4 Å². The molecule has 0 spiro atoms. The highest BCUT2D eigenvalue weighted by molar-refractivity contribution is 5.82. The van der Waals surface area contributed by atoms with Gasteiger partial charge in [-0.15, -0.1) is 0 Å². The Balaban J connectivity index is 2.84. The van der Waals surface area contributed by atoms with Crippen molar-refractivity contribution in [1.29, 1.82) is 0 Å². The first-order valence-electron chi connectivity index (χ1n) is 6.78. The fraction of sp³-hybridized carbons (Fsp3) is 0.533. The predicted octanol–water partition coefficient (Wildman–Crippen LogP) is 1.12. The van der Waals surface area contributed by atoms with Crippen LogP contribution in [0.5, 0.6) is 0 Å². The number of carboxylic acids is 1. The monoisotopic (exact) mass is 294 g/mol. The van der Waals surface area contributed by atoms with E-state index in [9.17, 15) is 14.4 Å². The van der Waals surface area contributed by atoms with Gasteiger partial charge in [0.15, 0.2) is 0 Å². The van der Waals surface area contributed by atoms with Crippen molar-refractivity contribution >= 4 is 11.9 Å². The van der Waals surface area contributed by atoms with Crippen LogP contribution in [0.15, 0.2) is 23.1 Å². The van der Waals surface area contributed by atoms with Gasteiger partial charge in [0.1, 0.15) is 0 Å². The highest BCUT2D eigenvalue weighted by Crippen LogP contribution is 2.20. The maximum absolute atomic E-state index is 12.4. The summed E-state index contributed by atoms with van der Waals surface area (Å²) >= 11 is 0. The second-order valence-electron chi connectivity index (χ2n) is 5.93. The average Bonchev–Trinajstić information content (AvgIpc) is 2.39. The van der Waals surface area contributed by atoms with Gasteiger partial charge in [-0.05, 0) is 26.3 Å². The number of carbonyl (C=O) groups excluding carboxylic acids is 1. The van der Waals surface area contributed by atoms with Crippen LogP contribution in [0.3, 0.4) is 0 Å².